The zero-order valence-corrected chi connectivity index (χ0v) is 19.2. The first-order valence-corrected chi connectivity index (χ1v) is 10.7. The largest absolute Gasteiger partial charge is 0.497 e. The minimum Gasteiger partial charge on any atom is -0.497 e. The summed E-state index contributed by atoms with van der Waals surface area (Å²) in [7, 11) is 3.16. The van der Waals surface area contributed by atoms with E-state index < -0.39 is 0 Å². The fourth-order valence-electron chi connectivity index (χ4n) is 3.43. The molecular weight excluding hydrogens is 408 g/mol. The van der Waals surface area contributed by atoms with Gasteiger partial charge in [-0.2, -0.15) is 0 Å². The Balaban J connectivity index is 1.87. The van der Waals surface area contributed by atoms with Gasteiger partial charge in [-0.3, -0.25) is 4.79 Å². The number of amides is 1. The third kappa shape index (κ3) is 5.01. The maximum atomic E-state index is 13.1. The first-order chi connectivity index (χ1) is 15.5. The van der Waals surface area contributed by atoms with Gasteiger partial charge in [-0.25, -0.2) is 4.68 Å². The highest BCUT2D eigenvalue weighted by molar-refractivity contribution is 6.04. The van der Waals surface area contributed by atoms with E-state index in [2.05, 4.69) is 29.5 Å². The minimum atomic E-state index is -0.366. The molecule has 170 valence electrons. The van der Waals surface area contributed by atoms with E-state index in [1.165, 1.54) is 0 Å². The Morgan fingerprint density at radius 2 is 1.88 bits per heavy atom. The van der Waals surface area contributed by atoms with Gasteiger partial charge in [0.05, 0.1) is 31.7 Å². The van der Waals surface area contributed by atoms with Crippen LogP contribution in [0.1, 0.15) is 49.3 Å². The second kappa shape index (κ2) is 10.7. The zero-order chi connectivity index (χ0) is 23.1. The molecule has 3 rings (SSSR count). The van der Waals surface area contributed by atoms with Gasteiger partial charge in [0.2, 0.25) is 0 Å². The number of ether oxygens (including phenoxy) is 3. The number of para-hydroxylation sites is 2. The van der Waals surface area contributed by atoms with Gasteiger partial charge in [0.15, 0.2) is 5.69 Å². The summed E-state index contributed by atoms with van der Waals surface area (Å²) in [5.41, 5.74) is 2.01. The van der Waals surface area contributed by atoms with Crippen LogP contribution in [0.25, 0.3) is 5.69 Å². The molecule has 32 heavy (non-hydrogen) atoms. The molecule has 1 aromatic heterocycles. The molecule has 1 atom stereocenters. The molecule has 0 fully saturated rings. The molecule has 8 heteroatoms. The average Bonchev–Trinajstić information content (AvgIpc) is 3.20. The number of hydrogen-bond acceptors (Lipinski definition) is 6. The molecule has 8 nitrogen and oxygen atoms in total. The van der Waals surface area contributed by atoms with Crippen molar-refractivity contribution in [3.63, 3.8) is 0 Å². The maximum Gasteiger partial charge on any atom is 0.278 e. The van der Waals surface area contributed by atoms with Crippen LogP contribution in [0.5, 0.6) is 17.2 Å². The van der Waals surface area contributed by atoms with E-state index in [1.807, 2.05) is 24.3 Å². The molecule has 1 N–H and O–H groups in total. The third-order valence-electron chi connectivity index (χ3n) is 5.22. The molecule has 0 bridgehead atoms. The van der Waals surface area contributed by atoms with Gasteiger partial charge >= 0.3 is 0 Å². The molecule has 1 unspecified atom stereocenters. The molecule has 1 amide bonds. The van der Waals surface area contributed by atoms with E-state index in [-0.39, 0.29) is 17.7 Å². The van der Waals surface area contributed by atoms with E-state index in [0.717, 1.165) is 19.3 Å². The van der Waals surface area contributed by atoms with Crippen LogP contribution in [0.2, 0.25) is 0 Å². The van der Waals surface area contributed by atoms with Crippen molar-refractivity contribution < 1.29 is 19.0 Å². The highest BCUT2D eigenvalue weighted by atomic mass is 16.5. The van der Waals surface area contributed by atoms with Crippen LogP contribution >= 0.6 is 0 Å². The van der Waals surface area contributed by atoms with Gasteiger partial charge in [-0.15, -0.1) is 5.10 Å². The summed E-state index contributed by atoms with van der Waals surface area (Å²) in [4.78, 5) is 13.1. The minimum absolute atomic E-state index is 0.0983. The molecule has 0 saturated heterocycles. The van der Waals surface area contributed by atoms with Crippen molar-refractivity contribution in [1.82, 2.24) is 15.0 Å². The van der Waals surface area contributed by atoms with Gasteiger partial charge in [0, 0.05) is 6.07 Å². The Labute approximate surface area is 188 Å². The maximum absolute atomic E-state index is 13.1. The summed E-state index contributed by atoms with van der Waals surface area (Å²) in [6, 6.07) is 12.8. The van der Waals surface area contributed by atoms with Crippen LogP contribution < -0.4 is 19.5 Å². The summed E-state index contributed by atoms with van der Waals surface area (Å²) < 4.78 is 18.5. The van der Waals surface area contributed by atoms with Crippen LogP contribution in [0.4, 0.5) is 5.69 Å². The Hall–Kier alpha value is -3.55. The molecule has 0 aliphatic carbocycles. The van der Waals surface area contributed by atoms with Gasteiger partial charge < -0.3 is 19.5 Å². The van der Waals surface area contributed by atoms with Crippen molar-refractivity contribution in [2.75, 3.05) is 19.5 Å². The predicted octanol–water partition coefficient (Wildman–Crippen LogP) is 4.80. The summed E-state index contributed by atoms with van der Waals surface area (Å²) in [6.45, 7) is 6.00. The highest BCUT2D eigenvalue weighted by Crippen LogP contribution is 2.30. The van der Waals surface area contributed by atoms with Gasteiger partial charge in [0.25, 0.3) is 5.91 Å². The number of benzene rings is 2. The molecule has 0 aliphatic heterocycles. The molecule has 0 aliphatic rings. The van der Waals surface area contributed by atoms with Crippen molar-refractivity contribution >= 4 is 11.6 Å². The first kappa shape index (κ1) is 23.1. The predicted molar refractivity (Wildman–Crippen MR) is 123 cm³/mol. The summed E-state index contributed by atoms with van der Waals surface area (Å²) in [5, 5.41) is 11.2. The monoisotopic (exact) mass is 438 g/mol. The number of anilines is 1. The lowest BCUT2D eigenvalue weighted by atomic mass is 10.1. The number of hydrogen-bond donors (Lipinski definition) is 1. The number of aromatic nitrogens is 3. The lowest BCUT2D eigenvalue weighted by molar-refractivity contribution is 0.102. The molecule has 0 spiro atoms. The summed E-state index contributed by atoms with van der Waals surface area (Å²) in [5.74, 6) is 1.51. The summed E-state index contributed by atoms with van der Waals surface area (Å²) >= 11 is 0. The van der Waals surface area contributed by atoms with Crippen molar-refractivity contribution in [1.29, 1.82) is 0 Å². The van der Waals surface area contributed by atoms with Crippen LogP contribution in [0.15, 0.2) is 42.5 Å². The van der Waals surface area contributed by atoms with Crippen molar-refractivity contribution in [2.45, 2.75) is 46.1 Å². The quantitative estimate of drug-likeness (QED) is 0.489. The van der Waals surface area contributed by atoms with E-state index in [0.29, 0.717) is 34.3 Å². The first-order valence-electron chi connectivity index (χ1n) is 10.7. The van der Waals surface area contributed by atoms with E-state index in [9.17, 15) is 4.79 Å². The highest BCUT2D eigenvalue weighted by Gasteiger charge is 2.21. The number of carbonyl (C=O) groups is 1. The van der Waals surface area contributed by atoms with E-state index in [4.69, 9.17) is 14.2 Å². The topological polar surface area (TPSA) is 87.5 Å². The lowest BCUT2D eigenvalue weighted by Gasteiger charge is -2.19. The third-order valence-corrected chi connectivity index (χ3v) is 5.22. The normalized spacial score (nSPS) is 11.7. The van der Waals surface area contributed by atoms with Crippen molar-refractivity contribution in [3.8, 4) is 22.9 Å². The molecule has 3 aromatic rings. The van der Waals surface area contributed by atoms with Crippen molar-refractivity contribution in [3.05, 3.63) is 53.9 Å². The smallest absolute Gasteiger partial charge is 0.278 e. The standard InChI is InChI=1S/C24H30N4O4/c1-6-10-17(7-2)32-21-12-9-8-11-19(21)25-24(29)23-16(3)28(27-26-23)20-15-18(30-4)13-14-22(20)31-5/h8-9,11-15,17H,6-7,10H2,1-5H3,(H,25,29). The number of nitrogens with zero attached hydrogens (tertiary/aromatic N) is 3. The van der Waals surface area contributed by atoms with Crippen LogP contribution in [0, 0.1) is 6.92 Å². The average molecular weight is 439 g/mol. The Morgan fingerprint density at radius 1 is 1.09 bits per heavy atom. The van der Waals surface area contributed by atoms with Crippen LogP contribution in [-0.4, -0.2) is 41.2 Å². The Bertz CT molecular complexity index is 1060. The second-order valence-electron chi connectivity index (χ2n) is 7.36. The Morgan fingerprint density at radius 3 is 2.56 bits per heavy atom. The number of nitrogens with one attached hydrogen (secondary N) is 1. The molecule has 0 saturated carbocycles. The van der Waals surface area contributed by atoms with Crippen LogP contribution in [-0.2, 0) is 0 Å². The fourth-order valence-corrected chi connectivity index (χ4v) is 3.43. The molecular formula is C24H30N4O4. The van der Waals surface area contributed by atoms with E-state index in [1.54, 1.807) is 44.0 Å². The van der Waals surface area contributed by atoms with Gasteiger partial charge in [-0.05, 0) is 44.0 Å². The number of rotatable bonds is 10. The zero-order valence-electron chi connectivity index (χ0n) is 19.2. The molecule has 2 aromatic carbocycles. The number of carbonyl (C=O) groups excluding carboxylic acids is 1. The van der Waals surface area contributed by atoms with Gasteiger partial charge in [0.1, 0.15) is 22.9 Å². The molecule has 1 heterocycles. The Kier molecular flexibility index (Phi) is 7.70. The summed E-state index contributed by atoms with van der Waals surface area (Å²) in [6.07, 6.45) is 2.98. The molecule has 0 radical (unpaired) electrons. The lowest BCUT2D eigenvalue weighted by Crippen LogP contribution is -2.18. The van der Waals surface area contributed by atoms with Crippen molar-refractivity contribution in [2.24, 2.45) is 0 Å². The van der Waals surface area contributed by atoms with Crippen LogP contribution in [0.3, 0.4) is 0 Å². The van der Waals surface area contributed by atoms with Gasteiger partial charge in [-0.1, -0.05) is 37.6 Å². The second-order valence-corrected chi connectivity index (χ2v) is 7.36. The SMILES string of the molecule is CCCC(CC)Oc1ccccc1NC(=O)c1nnn(-c2cc(OC)ccc2OC)c1C. The number of methoxy groups -OCH3 is 2. The van der Waals surface area contributed by atoms with E-state index >= 15 is 0 Å². The fraction of sp³-hybridized carbons (Fsp3) is 0.375.